The van der Waals surface area contributed by atoms with E-state index in [1.165, 1.54) is 6.42 Å². The van der Waals surface area contributed by atoms with Gasteiger partial charge in [-0.25, -0.2) is 0 Å². The topological polar surface area (TPSA) is 37.3 Å². The third-order valence-corrected chi connectivity index (χ3v) is 1.24. The normalized spacial score (nSPS) is 10.4. The van der Waals surface area contributed by atoms with Crippen molar-refractivity contribution in [1.82, 2.24) is 0 Å². The zero-order valence-corrected chi connectivity index (χ0v) is 10.9. The van der Waals surface area contributed by atoms with E-state index in [9.17, 15) is 4.79 Å². The molecule has 0 aliphatic rings. The predicted octanol–water partition coefficient (Wildman–Crippen LogP) is 4.59. The molecule has 2 nitrogen and oxygen atoms in total. The molecule has 0 saturated carbocycles. The van der Waals surface area contributed by atoms with Crippen molar-refractivity contribution in [2.24, 2.45) is 0 Å². The summed E-state index contributed by atoms with van der Waals surface area (Å²) >= 11 is 19.3. The Morgan fingerprint density at radius 2 is 1.57 bits per heavy atom. The highest BCUT2D eigenvalue weighted by molar-refractivity contribution is 6.83. The first kappa shape index (κ1) is 17.0. The molecule has 0 aromatic carbocycles. The molecule has 0 amide bonds. The highest BCUT2D eigenvalue weighted by Gasteiger charge is 2.11. The molecule has 1 N–H and O–H groups in total. The van der Waals surface area contributed by atoms with Crippen LogP contribution in [0.5, 0.6) is 0 Å². The van der Waals surface area contributed by atoms with Gasteiger partial charge in [0.25, 0.3) is 3.25 Å². The molecular formula is C8H14Cl4O2. The fourth-order valence-corrected chi connectivity index (χ4v) is 0.703. The maximum Gasteiger partial charge on any atom is 0.303 e. The Bertz CT molecular complexity index is 139. The van der Waals surface area contributed by atoms with Crippen LogP contribution < -0.4 is 0 Å². The molecule has 0 fully saturated rings. The van der Waals surface area contributed by atoms with Crippen LogP contribution in [0.3, 0.4) is 0 Å². The number of rotatable bonds is 5. The molecule has 14 heavy (non-hydrogen) atoms. The molecular weight excluding hydrogens is 270 g/mol. The number of hydrogen-bond donors (Lipinski definition) is 1. The van der Waals surface area contributed by atoms with E-state index in [0.29, 0.717) is 6.42 Å². The molecule has 0 aromatic heterocycles. The van der Waals surface area contributed by atoms with Crippen LogP contribution in [0, 0.1) is 0 Å². The first-order chi connectivity index (χ1) is 6.27. The predicted molar refractivity (Wildman–Crippen MR) is 62.5 cm³/mol. The molecule has 0 rings (SSSR count). The summed E-state index contributed by atoms with van der Waals surface area (Å²) in [4.78, 5) is 9.96. The van der Waals surface area contributed by atoms with E-state index >= 15 is 0 Å². The van der Waals surface area contributed by atoms with Gasteiger partial charge in [-0.2, -0.15) is 0 Å². The van der Waals surface area contributed by atoms with Crippen molar-refractivity contribution in [2.75, 3.05) is 0 Å². The zero-order chi connectivity index (χ0) is 11.6. The molecule has 0 spiro atoms. The molecule has 0 saturated heterocycles. The lowest BCUT2D eigenvalue weighted by molar-refractivity contribution is -0.137. The van der Waals surface area contributed by atoms with Crippen molar-refractivity contribution in [1.29, 1.82) is 0 Å². The van der Waals surface area contributed by atoms with Gasteiger partial charge in [0.15, 0.2) is 0 Å². The minimum atomic E-state index is -1.61. The zero-order valence-electron chi connectivity index (χ0n) is 7.90. The number of carboxylic acid groups (broad SMARTS) is 1. The summed E-state index contributed by atoms with van der Waals surface area (Å²) in [6.07, 6.45) is 4.55. The van der Waals surface area contributed by atoms with Gasteiger partial charge in [-0.3, -0.25) is 4.79 Å². The van der Waals surface area contributed by atoms with E-state index in [4.69, 9.17) is 51.5 Å². The Morgan fingerprint density at radius 1 is 1.14 bits per heavy atom. The van der Waals surface area contributed by atoms with Crippen LogP contribution in [0.2, 0.25) is 0 Å². The number of carbonyl (C=O) groups is 1. The summed E-state index contributed by atoms with van der Waals surface area (Å²) in [6.45, 7) is 2.11. The summed E-state index contributed by atoms with van der Waals surface area (Å²) in [7, 11) is 0. The quantitative estimate of drug-likeness (QED) is 0.592. The first-order valence-electron chi connectivity index (χ1n) is 4.24. The van der Waals surface area contributed by atoms with Gasteiger partial charge < -0.3 is 5.11 Å². The average Bonchev–Trinajstić information content (AvgIpc) is 1.94. The summed E-state index contributed by atoms with van der Waals surface area (Å²) in [5.41, 5.74) is 0. The molecule has 86 valence electrons. The van der Waals surface area contributed by atoms with Crippen LogP contribution in [0.4, 0.5) is 0 Å². The van der Waals surface area contributed by atoms with Crippen molar-refractivity contribution in [2.45, 2.75) is 42.3 Å². The van der Waals surface area contributed by atoms with Crippen LogP contribution >= 0.6 is 46.4 Å². The fourth-order valence-electron chi connectivity index (χ4n) is 0.703. The maximum absolute atomic E-state index is 9.96. The van der Waals surface area contributed by atoms with E-state index < -0.39 is 9.22 Å². The fraction of sp³-hybridized carbons (Fsp3) is 0.875. The Kier molecular flexibility index (Phi) is 12.4. The lowest BCUT2D eigenvalue weighted by Gasteiger charge is -1.92. The number of alkyl halides is 4. The van der Waals surface area contributed by atoms with E-state index in [2.05, 4.69) is 6.92 Å². The first-order valence-corrected chi connectivity index (χ1v) is 5.76. The van der Waals surface area contributed by atoms with Gasteiger partial charge in [-0.15, -0.1) is 0 Å². The van der Waals surface area contributed by atoms with Crippen LogP contribution in [0.1, 0.15) is 39.0 Å². The van der Waals surface area contributed by atoms with Crippen LogP contribution in [-0.4, -0.2) is 14.3 Å². The average molecular weight is 284 g/mol. The molecule has 0 atom stereocenters. The molecule has 0 aromatic rings. The second-order valence-electron chi connectivity index (χ2n) is 2.63. The number of halogens is 4. The Hall–Kier alpha value is 0.630. The summed E-state index contributed by atoms with van der Waals surface area (Å²) in [5.74, 6) is -0.675. The molecule has 0 radical (unpaired) electrons. The number of unbranched alkanes of at least 4 members (excludes halogenated alkanes) is 3. The van der Waals surface area contributed by atoms with E-state index in [1.807, 2.05) is 0 Å². The molecule has 0 bridgehead atoms. The van der Waals surface area contributed by atoms with Crippen molar-refractivity contribution in [3.05, 3.63) is 0 Å². The molecule has 0 aliphatic carbocycles. The monoisotopic (exact) mass is 282 g/mol. The highest BCUT2D eigenvalue weighted by atomic mass is 35.6. The second kappa shape index (κ2) is 10.2. The van der Waals surface area contributed by atoms with E-state index in [-0.39, 0.29) is 0 Å². The molecule has 0 aliphatic heterocycles. The maximum atomic E-state index is 9.96. The van der Waals surface area contributed by atoms with Gasteiger partial charge in [0.05, 0.1) is 0 Å². The number of aliphatic carboxylic acids is 1. The lowest BCUT2D eigenvalue weighted by Crippen LogP contribution is -1.92. The highest BCUT2D eigenvalue weighted by Crippen LogP contribution is 2.29. The van der Waals surface area contributed by atoms with Gasteiger partial charge in [-0.05, 0) is 6.42 Å². The minimum Gasteiger partial charge on any atom is -0.481 e. The van der Waals surface area contributed by atoms with Crippen molar-refractivity contribution >= 4 is 52.4 Å². The molecule has 0 unspecified atom stereocenters. The van der Waals surface area contributed by atoms with E-state index in [1.54, 1.807) is 0 Å². The Labute approximate surface area is 104 Å². The third kappa shape index (κ3) is 38.9. The van der Waals surface area contributed by atoms with Gasteiger partial charge in [-0.1, -0.05) is 72.6 Å². The third-order valence-electron chi connectivity index (χ3n) is 1.24. The number of carboxylic acids is 1. The van der Waals surface area contributed by atoms with Crippen molar-refractivity contribution < 1.29 is 9.90 Å². The van der Waals surface area contributed by atoms with E-state index in [0.717, 1.165) is 19.3 Å². The number of hydrogen-bond acceptors (Lipinski definition) is 1. The Balaban J connectivity index is 0. The summed E-state index contributed by atoms with van der Waals surface area (Å²) in [5, 5.41) is 8.21. The smallest absolute Gasteiger partial charge is 0.303 e. The van der Waals surface area contributed by atoms with Gasteiger partial charge in [0, 0.05) is 6.42 Å². The van der Waals surface area contributed by atoms with Crippen LogP contribution in [0.15, 0.2) is 0 Å². The minimum absolute atomic E-state index is 0.333. The standard InChI is InChI=1S/C7H14O2.CCl4/c1-2-3-4-5-6-7(8)9;2-1(3,4)5/h2-6H2,1H3,(H,8,9);. The van der Waals surface area contributed by atoms with Crippen LogP contribution in [0.25, 0.3) is 0 Å². The van der Waals surface area contributed by atoms with Crippen LogP contribution in [-0.2, 0) is 4.79 Å². The lowest BCUT2D eigenvalue weighted by atomic mass is 10.2. The van der Waals surface area contributed by atoms with Gasteiger partial charge in [0.1, 0.15) is 0 Å². The second-order valence-corrected chi connectivity index (χ2v) is 6.06. The van der Waals surface area contributed by atoms with Crippen molar-refractivity contribution in [3.8, 4) is 0 Å². The van der Waals surface area contributed by atoms with Crippen molar-refractivity contribution in [3.63, 3.8) is 0 Å². The van der Waals surface area contributed by atoms with Gasteiger partial charge in [0.2, 0.25) is 0 Å². The largest absolute Gasteiger partial charge is 0.481 e. The Morgan fingerprint density at radius 3 is 1.86 bits per heavy atom. The SMILES string of the molecule is CCCCCCC(=O)O.ClC(Cl)(Cl)Cl. The molecule has 6 heteroatoms. The summed E-state index contributed by atoms with van der Waals surface area (Å²) < 4.78 is -1.61. The molecule has 0 heterocycles. The van der Waals surface area contributed by atoms with Gasteiger partial charge >= 0.3 is 5.97 Å². The summed E-state index contributed by atoms with van der Waals surface area (Å²) in [6, 6.07) is 0.